The summed E-state index contributed by atoms with van der Waals surface area (Å²) in [5, 5.41) is 4.77. The molecule has 5 rings (SSSR count). The molecule has 0 amide bonds. The summed E-state index contributed by atoms with van der Waals surface area (Å²) in [6.45, 7) is 1.78. The minimum absolute atomic E-state index is 0.266. The normalized spacial score (nSPS) is 14.6. The Labute approximate surface area is 169 Å². The molecule has 1 N–H and O–H groups in total. The van der Waals surface area contributed by atoms with E-state index in [4.69, 9.17) is 4.52 Å². The maximum Gasteiger partial charge on any atom is 0.416 e. The van der Waals surface area contributed by atoms with Crippen LogP contribution >= 0.6 is 0 Å². The van der Waals surface area contributed by atoms with Gasteiger partial charge in [0.2, 0.25) is 0 Å². The van der Waals surface area contributed by atoms with E-state index in [0.29, 0.717) is 33.8 Å². The number of hydrogen-bond acceptors (Lipinski definition) is 2. The molecule has 0 unspecified atom stereocenters. The van der Waals surface area contributed by atoms with Gasteiger partial charge in [-0.2, -0.15) is 13.2 Å². The number of benzene rings is 2. The number of alkyl halides is 3. The lowest BCUT2D eigenvalue weighted by Gasteiger charge is -2.14. The van der Waals surface area contributed by atoms with E-state index in [1.165, 1.54) is 24.3 Å². The standard InChI is InChI=1S/C23H18F4N2O/c1-12-18(22(29-30-12)13-2-3-13)9-14-8-15(23(25,26)27)4-6-17(14)20-11-28-21-7-5-16(24)10-19(20)21/h4-8,10-11,13,28H,2-3,9H2,1H3. The van der Waals surface area contributed by atoms with Crippen LogP contribution in [0.2, 0.25) is 0 Å². The molecule has 7 heteroatoms. The second kappa shape index (κ2) is 6.72. The molecular weight excluding hydrogens is 396 g/mol. The number of nitrogens with zero attached hydrogens (tertiary/aromatic N) is 1. The van der Waals surface area contributed by atoms with Crippen LogP contribution in [0.5, 0.6) is 0 Å². The van der Waals surface area contributed by atoms with Crippen molar-refractivity contribution in [2.75, 3.05) is 0 Å². The minimum Gasteiger partial charge on any atom is -0.361 e. The van der Waals surface area contributed by atoms with E-state index in [0.717, 1.165) is 35.7 Å². The maximum atomic E-state index is 13.9. The first-order valence-electron chi connectivity index (χ1n) is 9.73. The lowest BCUT2D eigenvalue weighted by molar-refractivity contribution is -0.137. The van der Waals surface area contributed by atoms with Crippen molar-refractivity contribution in [1.29, 1.82) is 0 Å². The van der Waals surface area contributed by atoms with Gasteiger partial charge in [-0.3, -0.25) is 0 Å². The quantitative estimate of drug-likeness (QED) is 0.375. The number of aromatic amines is 1. The summed E-state index contributed by atoms with van der Waals surface area (Å²) in [4.78, 5) is 3.08. The van der Waals surface area contributed by atoms with E-state index in [-0.39, 0.29) is 6.42 Å². The minimum atomic E-state index is -4.46. The number of nitrogens with one attached hydrogen (secondary N) is 1. The summed E-state index contributed by atoms with van der Waals surface area (Å²) in [7, 11) is 0. The summed E-state index contributed by atoms with van der Waals surface area (Å²) in [6, 6.07) is 8.07. The van der Waals surface area contributed by atoms with Crippen molar-refractivity contribution in [3.8, 4) is 11.1 Å². The molecule has 0 radical (unpaired) electrons. The predicted molar refractivity (Wildman–Crippen MR) is 105 cm³/mol. The molecule has 2 heterocycles. The lowest BCUT2D eigenvalue weighted by Crippen LogP contribution is -2.07. The molecule has 1 aliphatic carbocycles. The molecule has 0 atom stereocenters. The number of aryl methyl sites for hydroxylation is 1. The van der Waals surface area contributed by atoms with Crippen LogP contribution in [-0.4, -0.2) is 10.1 Å². The maximum absolute atomic E-state index is 13.9. The van der Waals surface area contributed by atoms with Crippen molar-refractivity contribution in [3.05, 3.63) is 76.6 Å². The molecule has 0 aliphatic heterocycles. The highest BCUT2D eigenvalue weighted by atomic mass is 19.4. The van der Waals surface area contributed by atoms with Gasteiger partial charge in [-0.15, -0.1) is 0 Å². The number of H-pyrrole nitrogens is 1. The number of fused-ring (bicyclic) bond motifs is 1. The van der Waals surface area contributed by atoms with Gasteiger partial charge >= 0.3 is 6.18 Å². The first-order valence-corrected chi connectivity index (χ1v) is 9.73. The van der Waals surface area contributed by atoms with Crippen LogP contribution in [-0.2, 0) is 12.6 Å². The van der Waals surface area contributed by atoms with Crippen molar-refractivity contribution in [2.45, 2.75) is 38.3 Å². The van der Waals surface area contributed by atoms with E-state index < -0.39 is 17.6 Å². The van der Waals surface area contributed by atoms with E-state index in [9.17, 15) is 17.6 Å². The van der Waals surface area contributed by atoms with Crippen molar-refractivity contribution in [1.82, 2.24) is 10.1 Å². The Bertz CT molecular complexity index is 1250. The third kappa shape index (κ3) is 3.28. The molecule has 30 heavy (non-hydrogen) atoms. The van der Waals surface area contributed by atoms with Crippen LogP contribution in [0.1, 0.15) is 46.9 Å². The lowest BCUT2D eigenvalue weighted by atomic mass is 9.91. The van der Waals surface area contributed by atoms with Crippen LogP contribution in [0.4, 0.5) is 17.6 Å². The molecule has 0 bridgehead atoms. The molecule has 0 spiro atoms. The van der Waals surface area contributed by atoms with Crippen molar-refractivity contribution < 1.29 is 22.1 Å². The molecule has 3 nitrogen and oxygen atoms in total. The smallest absolute Gasteiger partial charge is 0.361 e. The second-order valence-electron chi connectivity index (χ2n) is 7.82. The van der Waals surface area contributed by atoms with Crippen molar-refractivity contribution >= 4 is 10.9 Å². The Morgan fingerprint density at radius 2 is 1.90 bits per heavy atom. The monoisotopic (exact) mass is 414 g/mol. The van der Waals surface area contributed by atoms with Crippen LogP contribution in [0.15, 0.2) is 47.1 Å². The van der Waals surface area contributed by atoms with Crippen LogP contribution in [0, 0.1) is 12.7 Å². The number of hydrogen-bond donors (Lipinski definition) is 1. The van der Waals surface area contributed by atoms with Gasteiger partial charge in [0.15, 0.2) is 0 Å². The Balaban J connectivity index is 1.68. The molecule has 1 fully saturated rings. The van der Waals surface area contributed by atoms with Gasteiger partial charge in [0.1, 0.15) is 11.6 Å². The molecule has 2 aromatic carbocycles. The third-order valence-corrected chi connectivity index (χ3v) is 5.71. The van der Waals surface area contributed by atoms with Crippen molar-refractivity contribution in [3.63, 3.8) is 0 Å². The Kier molecular flexibility index (Phi) is 4.24. The highest BCUT2D eigenvalue weighted by molar-refractivity contribution is 5.96. The Morgan fingerprint density at radius 3 is 2.63 bits per heavy atom. The average Bonchev–Trinajstić information content (AvgIpc) is 3.36. The summed E-state index contributed by atoms with van der Waals surface area (Å²) >= 11 is 0. The molecule has 1 saturated carbocycles. The summed E-state index contributed by atoms with van der Waals surface area (Å²) in [6.07, 6.45) is -0.463. The fourth-order valence-electron chi connectivity index (χ4n) is 3.99. The van der Waals surface area contributed by atoms with Gasteiger partial charge in [-0.25, -0.2) is 4.39 Å². The highest BCUT2D eigenvalue weighted by Crippen LogP contribution is 2.43. The van der Waals surface area contributed by atoms with Gasteiger partial charge in [0.25, 0.3) is 0 Å². The third-order valence-electron chi connectivity index (χ3n) is 5.71. The van der Waals surface area contributed by atoms with Crippen molar-refractivity contribution in [2.24, 2.45) is 0 Å². The van der Waals surface area contributed by atoms with Gasteiger partial charge in [0.05, 0.1) is 11.3 Å². The first-order chi connectivity index (χ1) is 14.3. The Hall–Kier alpha value is -3.09. The summed E-state index contributed by atoms with van der Waals surface area (Å²) in [5.74, 6) is 0.529. The van der Waals surface area contributed by atoms with Gasteiger partial charge < -0.3 is 9.51 Å². The van der Waals surface area contributed by atoms with Crippen LogP contribution in [0.3, 0.4) is 0 Å². The summed E-state index contributed by atoms with van der Waals surface area (Å²) in [5.41, 5.74) is 3.47. The molecule has 1 aliphatic rings. The van der Waals surface area contributed by atoms with E-state index >= 15 is 0 Å². The zero-order valence-electron chi connectivity index (χ0n) is 16.1. The van der Waals surface area contributed by atoms with Gasteiger partial charge in [-0.1, -0.05) is 11.2 Å². The number of rotatable bonds is 4. The molecule has 4 aromatic rings. The molecule has 2 aromatic heterocycles. The van der Waals surface area contributed by atoms with Gasteiger partial charge in [-0.05, 0) is 61.2 Å². The van der Waals surface area contributed by atoms with Crippen LogP contribution < -0.4 is 0 Å². The molecular formula is C23H18F4N2O. The fraction of sp³-hybridized carbons (Fsp3) is 0.261. The van der Waals surface area contributed by atoms with E-state index in [2.05, 4.69) is 10.1 Å². The average molecular weight is 414 g/mol. The molecule has 154 valence electrons. The summed E-state index contributed by atoms with van der Waals surface area (Å²) < 4.78 is 59.5. The Morgan fingerprint density at radius 1 is 1.10 bits per heavy atom. The van der Waals surface area contributed by atoms with E-state index in [1.807, 2.05) is 0 Å². The largest absolute Gasteiger partial charge is 0.416 e. The molecule has 0 saturated heterocycles. The first kappa shape index (κ1) is 18.9. The predicted octanol–water partition coefficient (Wildman–Crippen LogP) is 6.76. The highest BCUT2D eigenvalue weighted by Gasteiger charge is 2.33. The van der Waals surface area contributed by atoms with E-state index in [1.54, 1.807) is 19.2 Å². The second-order valence-corrected chi connectivity index (χ2v) is 7.82. The number of halogens is 4. The number of aromatic nitrogens is 2. The SMILES string of the molecule is Cc1onc(C2CC2)c1Cc1cc(C(F)(F)F)ccc1-c1c[nH]c2ccc(F)cc12. The topological polar surface area (TPSA) is 41.8 Å². The zero-order valence-corrected chi connectivity index (χ0v) is 16.1. The van der Waals surface area contributed by atoms with Crippen LogP contribution in [0.25, 0.3) is 22.0 Å². The van der Waals surface area contributed by atoms with Gasteiger partial charge in [0, 0.05) is 40.6 Å². The zero-order chi connectivity index (χ0) is 21.0. The fourth-order valence-corrected chi connectivity index (χ4v) is 3.99.